The number of amides is 2. The predicted octanol–water partition coefficient (Wildman–Crippen LogP) is 12.9. The quantitative estimate of drug-likeness (QED) is 0.0459. The van der Waals surface area contributed by atoms with Crippen molar-refractivity contribution in [3.8, 4) is 0 Å². The molecule has 0 fully saturated rings. The summed E-state index contributed by atoms with van der Waals surface area (Å²) in [5, 5.41) is 9.92. The van der Waals surface area contributed by atoms with E-state index in [2.05, 4.69) is 41.6 Å². The van der Waals surface area contributed by atoms with Gasteiger partial charge in [-0.2, -0.15) is 0 Å². The van der Waals surface area contributed by atoms with Crippen molar-refractivity contribution in [1.82, 2.24) is 20.9 Å². The normalized spacial score (nSPS) is 12.0. The molecule has 0 aliphatic heterocycles. The first kappa shape index (κ1) is 55.8. The number of unbranched alkanes of at least 4 members (excludes halogenated alkanes) is 31. The van der Waals surface area contributed by atoms with Crippen molar-refractivity contribution < 1.29 is 9.59 Å². The minimum Gasteiger partial charge on any atom is -0.346 e. The van der Waals surface area contributed by atoms with E-state index in [0.29, 0.717) is 6.54 Å². The van der Waals surface area contributed by atoms with Crippen LogP contribution in [0.3, 0.4) is 0 Å². The Morgan fingerprint density at radius 2 is 0.789 bits per heavy atom. The van der Waals surface area contributed by atoms with Crippen LogP contribution in [0.5, 0.6) is 0 Å². The van der Waals surface area contributed by atoms with Gasteiger partial charge in [-0.1, -0.05) is 220 Å². The Balaban J connectivity index is 4.53. The van der Waals surface area contributed by atoms with Crippen LogP contribution in [0.2, 0.25) is 0 Å². The van der Waals surface area contributed by atoms with Gasteiger partial charge in [0, 0.05) is 13.1 Å². The van der Waals surface area contributed by atoms with E-state index >= 15 is 0 Å². The van der Waals surface area contributed by atoms with Crippen LogP contribution < -0.4 is 21.7 Å². The zero-order chi connectivity index (χ0) is 41.5. The van der Waals surface area contributed by atoms with Crippen molar-refractivity contribution >= 4 is 11.8 Å². The number of carbonyl (C=O) groups excluding carboxylic acids is 2. The molecule has 0 aromatic heterocycles. The average molecular weight is 806 g/mol. The third kappa shape index (κ3) is 41.3. The molecule has 0 spiro atoms. The molecule has 0 aromatic carbocycles. The van der Waals surface area contributed by atoms with Crippen LogP contribution >= 0.6 is 0 Å². The molecule has 0 bridgehead atoms. The Morgan fingerprint density at radius 3 is 1.16 bits per heavy atom. The van der Waals surface area contributed by atoms with E-state index in [1.54, 1.807) is 0 Å². The maximum atomic E-state index is 13.5. The zero-order valence-electron chi connectivity index (χ0n) is 39.0. The Hall–Kier alpha value is -1.18. The molecule has 0 aromatic rings. The molecule has 2 amide bonds. The summed E-state index contributed by atoms with van der Waals surface area (Å²) in [5.74, 6) is 0.0483. The fraction of sp³-hybridized carbons (Fsp3) is 0.960. The summed E-state index contributed by atoms with van der Waals surface area (Å²) in [6.45, 7) is 11.8. The van der Waals surface area contributed by atoms with Gasteiger partial charge in [0.25, 0.3) is 0 Å². The van der Waals surface area contributed by atoms with Gasteiger partial charge in [-0.05, 0) is 64.7 Å². The van der Waals surface area contributed by atoms with Crippen molar-refractivity contribution in [3.63, 3.8) is 0 Å². The van der Waals surface area contributed by atoms with Gasteiger partial charge < -0.3 is 26.6 Å². The number of rotatable bonds is 48. The minimum atomic E-state index is -0.255. The van der Waals surface area contributed by atoms with E-state index in [0.717, 1.165) is 77.7 Å². The fourth-order valence-corrected chi connectivity index (χ4v) is 8.02. The highest BCUT2D eigenvalue weighted by molar-refractivity contribution is 5.87. The molecule has 0 rings (SSSR count). The molecule has 5 N–H and O–H groups in total. The van der Waals surface area contributed by atoms with Gasteiger partial charge in [0.2, 0.25) is 11.8 Å². The van der Waals surface area contributed by atoms with E-state index in [4.69, 9.17) is 5.73 Å². The number of hydrogen-bond donors (Lipinski definition) is 4. The lowest BCUT2D eigenvalue weighted by Crippen LogP contribution is -2.48. The standard InChI is InChI=1S/C50H103N5O2/c1-4-7-10-12-14-16-18-20-22-24-26-28-30-32-34-36-45-55(46-37-35-33-31-29-27-25-23-21-19-17-15-13-11-8-5-2)49(56)47-54-50(57)48(53-44-9-6-3)40-38-42-52-43-39-41-51/h48,52-53H,4-47,51H2,1-3H3,(H,54,57). The summed E-state index contributed by atoms with van der Waals surface area (Å²) in [6.07, 6.45) is 48.1. The summed E-state index contributed by atoms with van der Waals surface area (Å²) in [5.41, 5.74) is 5.62. The molecule has 340 valence electrons. The monoisotopic (exact) mass is 806 g/mol. The van der Waals surface area contributed by atoms with Crippen molar-refractivity contribution in [2.24, 2.45) is 5.73 Å². The Bertz CT molecular complexity index is 776. The number of nitrogens with one attached hydrogen (secondary N) is 3. The molecule has 57 heavy (non-hydrogen) atoms. The summed E-state index contributed by atoms with van der Waals surface area (Å²) >= 11 is 0. The Labute approximate surface area is 357 Å². The molecule has 1 unspecified atom stereocenters. The highest BCUT2D eigenvalue weighted by Gasteiger charge is 2.20. The van der Waals surface area contributed by atoms with E-state index in [-0.39, 0.29) is 24.4 Å². The first-order valence-electron chi connectivity index (χ1n) is 25.8. The smallest absolute Gasteiger partial charge is 0.241 e. The third-order valence-corrected chi connectivity index (χ3v) is 12.0. The maximum absolute atomic E-state index is 13.5. The van der Waals surface area contributed by atoms with Crippen LogP contribution in [0.1, 0.15) is 258 Å². The number of nitrogens with two attached hydrogens (primary N) is 1. The van der Waals surface area contributed by atoms with Crippen molar-refractivity contribution in [3.05, 3.63) is 0 Å². The molecule has 0 saturated carbocycles. The molecule has 0 heterocycles. The second-order valence-electron chi connectivity index (χ2n) is 17.6. The molecule has 7 nitrogen and oxygen atoms in total. The maximum Gasteiger partial charge on any atom is 0.241 e. The first-order valence-corrected chi connectivity index (χ1v) is 25.8. The summed E-state index contributed by atoms with van der Waals surface area (Å²) in [6, 6.07) is -0.255. The molecular formula is C50H103N5O2. The second-order valence-corrected chi connectivity index (χ2v) is 17.6. The Kier molecular flexibility index (Phi) is 46.5. The molecular weight excluding hydrogens is 703 g/mol. The predicted molar refractivity (Wildman–Crippen MR) is 251 cm³/mol. The van der Waals surface area contributed by atoms with Crippen LogP contribution in [0.15, 0.2) is 0 Å². The van der Waals surface area contributed by atoms with Crippen LogP contribution in [-0.4, -0.2) is 68.6 Å². The van der Waals surface area contributed by atoms with Crippen molar-refractivity contribution in [1.29, 1.82) is 0 Å². The van der Waals surface area contributed by atoms with E-state index in [1.807, 2.05) is 0 Å². The molecule has 1 atom stereocenters. The third-order valence-electron chi connectivity index (χ3n) is 12.0. The summed E-state index contributed by atoms with van der Waals surface area (Å²) in [7, 11) is 0. The van der Waals surface area contributed by atoms with Gasteiger partial charge in [-0.25, -0.2) is 0 Å². The van der Waals surface area contributed by atoms with Gasteiger partial charge in [-0.15, -0.1) is 0 Å². The largest absolute Gasteiger partial charge is 0.346 e. The van der Waals surface area contributed by atoms with Crippen LogP contribution in [0, 0.1) is 0 Å². The zero-order valence-corrected chi connectivity index (χ0v) is 39.0. The lowest BCUT2D eigenvalue weighted by molar-refractivity contribution is -0.133. The van der Waals surface area contributed by atoms with E-state index < -0.39 is 0 Å². The van der Waals surface area contributed by atoms with Gasteiger partial charge >= 0.3 is 0 Å². The molecule has 0 radical (unpaired) electrons. The fourth-order valence-electron chi connectivity index (χ4n) is 8.02. The lowest BCUT2D eigenvalue weighted by atomic mass is 10.0. The number of hydrogen-bond acceptors (Lipinski definition) is 5. The highest BCUT2D eigenvalue weighted by atomic mass is 16.2. The SMILES string of the molecule is CCCCCCCCCCCCCCCCCCN(CCCCCCCCCCCCCCCCCC)C(=O)CNC(=O)C(CCCNCCCN)NCCCC. The second kappa shape index (κ2) is 47.5. The highest BCUT2D eigenvalue weighted by Crippen LogP contribution is 2.16. The number of carbonyl (C=O) groups is 2. The first-order chi connectivity index (χ1) is 28.1. The van der Waals surface area contributed by atoms with Crippen LogP contribution in [0.4, 0.5) is 0 Å². The lowest BCUT2D eigenvalue weighted by Gasteiger charge is -2.24. The van der Waals surface area contributed by atoms with Crippen LogP contribution in [0.25, 0.3) is 0 Å². The van der Waals surface area contributed by atoms with Gasteiger partial charge in [0.15, 0.2) is 0 Å². The topological polar surface area (TPSA) is 99.5 Å². The Morgan fingerprint density at radius 1 is 0.439 bits per heavy atom. The summed E-state index contributed by atoms with van der Waals surface area (Å²) in [4.78, 5) is 28.9. The van der Waals surface area contributed by atoms with Gasteiger partial charge in [0.05, 0.1) is 12.6 Å². The minimum absolute atomic E-state index is 0.0359. The molecule has 0 saturated heterocycles. The summed E-state index contributed by atoms with van der Waals surface area (Å²) < 4.78 is 0. The molecule has 0 aliphatic carbocycles. The van der Waals surface area contributed by atoms with Crippen molar-refractivity contribution in [2.45, 2.75) is 264 Å². The van der Waals surface area contributed by atoms with Gasteiger partial charge in [0.1, 0.15) is 0 Å². The molecule has 7 heteroatoms. The van der Waals surface area contributed by atoms with Gasteiger partial charge in [-0.3, -0.25) is 9.59 Å². The van der Waals surface area contributed by atoms with Crippen molar-refractivity contribution in [2.75, 3.05) is 45.8 Å². The van der Waals surface area contributed by atoms with E-state index in [1.165, 1.54) is 193 Å². The van der Waals surface area contributed by atoms with Crippen LogP contribution in [-0.2, 0) is 9.59 Å². The average Bonchev–Trinajstić information content (AvgIpc) is 3.22. The number of nitrogens with zero attached hydrogens (tertiary/aromatic N) is 1. The van der Waals surface area contributed by atoms with E-state index in [9.17, 15) is 9.59 Å². The molecule has 0 aliphatic rings.